The molecule has 2 fully saturated rings. The van der Waals surface area contributed by atoms with E-state index < -0.39 is 0 Å². The van der Waals surface area contributed by atoms with Gasteiger partial charge < -0.3 is 19.7 Å². The second-order valence-corrected chi connectivity index (χ2v) is 10.5. The van der Waals surface area contributed by atoms with Crippen molar-refractivity contribution in [3.05, 3.63) is 47.2 Å². The average Bonchev–Trinajstić information content (AvgIpc) is 3.35. The molecule has 2 saturated heterocycles. The van der Waals surface area contributed by atoms with Crippen molar-refractivity contribution >= 4 is 23.5 Å². The third-order valence-electron chi connectivity index (χ3n) is 5.89. The molecule has 33 heavy (non-hydrogen) atoms. The standard InChI is InChI=1S/C25H34N4O3S/c1-25(2,3)21-15-22(29-10-13-31-14-11-29)28-24(27-21)33-17-18-6-8-19(9-7-18)23(30)26-16-20-5-4-12-32-20/h6-9,15,20H,4-5,10-14,16-17H2,1-3H3,(H,26,30). The highest BCUT2D eigenvalue weighted by atomic mass is 32.2. The molecule has 0 spiro atoms. The molecule has 1 aromatic carbocycles. The summed E-state index contributed by atoms with van der Waals surface area (Å²) >= 11 is 1.63. The molecule has 1 unspecified atom stereocenters. The molecule has 1 N–H and O–H groups in total. The van der Waals surface area contributed by atoms with Crippen molar-refractivity contribution in [2.45, 2.75) is 56.0 Å². The Morgan fingerprint density at radius 2 is 1.91 bits per heavy atom. The Labute approximate surface area is 200 Å². The lowest BCUT2D eigenvalue weighted by atomic mass is 9.92. The van der Waals surface area contributed by atoms with Gasteiger partial charge in [-0.25, -0.2) is 9.97 Å². The van der Waals surface area contributed by atoms with Crippen LogP contribution in [0.5, 0.6) is 0 Å². The lowest BCUT2D eigenvalue weighted by Crippen LogP contribution is -2.37. The largest absolute Gasteiger partial charge is 0.378 e. The van der Waals surface area contributed by atoms with E-state index in [0.29, 0.717) is 12.1 Å². The van der Waals surface area contributed by atoms with Crippen LogP contribution in [0.15, 0.2) is 35.5 Å². The number of morpholine rings is 1. The average molecular weight is 471 g/mol. The van der Waals surface area contributed by atoms with Crippen LogP contribution >= 0.6 is 11.8 Å². The van der Waals surface area contributed by atoms with Crippen LogP contribution in [-0.4, -0.2) is 61.4 Å². The lowest BCUT2D eigenvalue weighted by molar-refractivity contribution is 0.0858. The number of hydrogen-bond acceptors (Lipinski definition) is 7. The number of carbonyl (C=O) groups is 1. The van der Waals surface area contributed by atoms with Gasteiger partial charge in [0.1, 0.15) is 5.82 Å². The summed E-state index contributed by atoms with van der Waals surface area (Å²) in [6.45, 7) is 11.0. The van der Waals surface area contributed by atoms with E-state index >= 15 is 0 Å². The van der Waals surface area contributed by atoms with E-state index in [2.05, 4.69) is 37.1 Å². The molecule has 1 amide bonds. The molecule has 178 valence electrons. The van der Waals surface area contributed by atoms with Crippen molar-refractivity contribution in [3.8, 4) is 0 Å². The third kappa shape index (κ3) is 6.68. The smallest absolute Gasteiger partial charge is 0.251 e. The van der Waals surface area contributed by atoms with E-state index in [-0.39, 0.29) is 17.4 Å². The number of benzene rings is 1. The summed E-state index contributed by atoms with van der Waals surface area (Å²) < 4.78 is 11.1. The van der Waals surface area contributed by atoms with Crippen LogP contribution in [0.4, 0.5) is 5.82 Å². The molecule has 2 aliphatic heterocycles. The maximum absolute atomic E-state index is 12.4. The number of thioether (sulfide) groups is 1. The second kappa shape index (κ2) is 10.8. The third-order valence-corrected chi connectivity index (χ3v) is 6.81. The van der Waals surface area contributed by atoms with Crippen molar-refractivity contribution in [1.29, 1.82) is 0 Å². The number of nitrogens with one attached hydrogen (secondary N) is 1. The van der Waals surface area contributed by atoms with Gasteiger partial charge >= 0.3 is 0 Å². The van der Waals surface area contributed by atoms with Gasteiger partial charge in [-0.1, -0.05) is 44.7 Å². The Kier molecular flexibility index (Phi) is 7.88. The van der Waals surface area contributed by atoms with E-state index in [0.717, 1.165) is 73.7 Å². The summed E-state index contributed by atoms with van der Waals surface area (Å²) in [5.41, 5.74) is 2.79. The highest BCUT2D eigenvalue weighted by molar-refractivity contribution is 7.98. The summed E-state index contributed by atoms with van der Waals surface area (Å²) in [5, 5.41) is 3.75. The number of anilines is 1. The molecule has 3 heterocycles. The molecule has 1 aromatic heterocycles. The number of aromatic nitrogens is 2. The normalized spacial score (nSPS) is 19.0. The zero-order valence-electron chi connectivity index (χ0n) is 19.8. The molecule has 4 rings (SSSR count). The van der Waals surface area contributed by atoms with E-state index in [9.17, 15) is 4.79 Å². The quantitative estimate of drug-likeness (QED) is 0.487. The van der Waals surface area contributed by atoms with Gasteiger partial charge in [0.15, 0.2) is 5.16 Å². The van der Waals surface area contributed by atoms with Crippen molar-refractivity contribution in [2.24, 2.45) is 0 Å². The van der Waals surface area contributed by atoms with Gasteiger partial charge in [0, 0.05) is 49.0 Å². The minimum atomic E-state index is -0.0577. The number of nitrogens with zero attached hydrogens (tertiary/aromatic N) is 3. The molecule has 7 nitrogen and oxygen atoms in total. The van der Waals surface area contributed by atoms with Crippen molar-refractivity contribution in [3.63, 3.8) is 0 Å². The summed E-state index contributed by atoms with van der Waals surface area (Å²) in [5.74, 6) is 1.66. The van der Waals surface area contributed by atoms with Crippen LogP contribution < -0.4 is 10.2 Å². The predicted octanol–water partition coefficient (Wildman–Crippen LogP) is 3.81. The Morgan fingerprint density at radius 1 is 1.15 bits per heavy atom. The summed E-state index contributed by atoms with van der Waals surface area (Å²) in [4.78, 5) is 24.4. The van der Waals surface area contributed by atoms with Crippen LogP contribution in [-0.2, 0) is 20.6 Å². The Morgan fingerprint density at radius 3 is 2.58 bits per heavy atom. The second-order valence-electron chi connectivity index (χ2n) is 9.57. The topological polar surface area (TPSA) is 76.6 Å². The molecular formula is C25H34N4O3S. The number of hydrogen-bond donors (Lipinski definition) is 1. The van der Waals surface area contributed by atoms with E-state index in [1.165, 1.54) is 0 Å². The fourth-order valence-corrected chi connectivity index (χ4v) is 4.64. The first kappa shape index (κ1) is 24.0. The van der Waals surface area contributed by atoms with Crippen molar-refractivity contribution in [1.82, 2.24) is 15.3 Å². The van der Waals surface area contributed by atoms with Gasteiger partial charge in [-0.2, -0.15) is 0 Å². The minimum absolute atomic E-state index is 0.0546. The predicted molar refractivity (Wildman–Crippen MR) is 131 cm³/mol. The van der Waals surface area contributed by atoms with Gasteiger partial charge in [-0.15, -0.1) is 0 Å². The van der Waals surface area contributed by atoms with Gasteiger partial charge in [0.2, 0.25) is 0 Å². The zero-order valence-corrected chi connectivity index (χ0v) is 20.6. The van der Waals surface area contributed by atoms with Crippen molar-refractivity contribution in [2.75, 3.05) is 44.4 Å². The van der Waals surface area contributed by atoms with E-state index in [1.807, 2.05) is 24.3 Å². The number of carbonyl (C=O) groups excluding carboxylic acids is 1. The Hall–Kier alpha value is -2.16. The lowest BCUT2D eigenvalue weighted by Gasteiger charge is -2.29. The molecule has 0 radical (unpaired) electrons. The molecular weight excluding hydrogens is 436 g/mol. The fourth-order valence-electron chi connectivity index (χ4n) is 3.83. The van der Waals surface area contributed by atoms with Crippen molar-refractivity contribution < 1.29 is 14.3 Å². The van der Waals surface area contributed by atoms with Crippen LogP contribution in [0.2, 0.25) is 0 Å². The van der Waals surface area contributed by atoms with Crippen LogP contribution in [0.1, 0.15) is 55.2 Å². The van der Waals surface area contributed by atoms with Crippen LogP contribution in [0.25, 0.3) is 0 Å². The Bertz CT molecular complexity index is 934. The van der Waals surface area contributed by atoms with E-state index in [1.54, 1.807) is 11.8 Å². The summed E-state index contributed by atoms with van der Waals surface area (Å²) in [7, 11) is 0. The highest BCUT2D eigenvalue weighted by Crippen LogP contribution is 2.28. The SMILES string of the molecule is CC(C)(C)c1cc(N2CCOCC2)nc(SCc2ccc(C(=O)NCC3CCCO3)cc2)n1. The van der Waals surface area contributed by atoms with Gasteiger partial charge in [-0.3, -0.25) is 4.79 Å². The zero-order chi connectivity index (χ0) is 23.3. The molecule has 2 aliphatic rings. The minimum Gasteiger partial charge on any atom is -0.378 e. The summed E-state index contributed by atoms with van der Waals surface area (Å²) in [6, 6.07) is 9.88. The molecule has 2 aromatic rings. The molecule has 8 heteroatoms. The monoisotopic (exact) mass is 470 g/mol. The van der Waals surface area contributed by atoms with E-state index in [4.69, 9.17) is 19.4 Å². The first-order chi connectivity index (χ1) is 15.9. The van der Waals surface area contributed by atoms with Crippen LogP contribution in [0, 0.1) is 0 Å². The van der Waals surface area contributed by atoms with Gasteiger partial charge in [-0.05, 0) is 30.5 Å². The molecule has 0 aliphatic carbocycles. The molecule has 0 saturated carbocycles. The van der Waals surface area contributed by atoms with Gasteiger partial charge in [0.25, 0.3) is 5.91 Å². The number of rotatable bonds is 7. The van der Waals surface area contributed by atoms with Gasteiger partial charge in [0.05, 0.1) is 25.0 Å². The highest BCUT2D eigenvalue weighted by Gasteiger charge is 2.21. The number of ether oxygens (including phenoxy) is 2. The number of amides is 1. The molecule has 1 atom stereocenters. The summed E-state index contributed by atoms with van der Waals surface area (Å²) in [6.07, 6.45) is 2.24. The molecule has 0 bridgehead atoms. The van der Waals surface area contributed by atoms with Crippen LogP contribution in [0.3, 0.4) is 0 Å². The Balaban J connectivity index is 1.38. The maximum atomic E-state index is 12.4. The first-order valence-corrected chi connectivity index (χ1v) is 12.7. The first-order valence-electron chi connectivity index (χ1n) is 11.7. The maximum Gasteiger partial charge on any atom is 0.251 e. The fraction of sp³-hybridized carbons (Fsp3) is 0.560.